The lowest BCUT2D eigenvalue weighted by molar-refractivity contribution is 0.0600. The Morgan fingerprint density at radius 3 is 2.04 bits per heavy atom. The topological polar surface area (TPSA) is 82.7 Å². The maximum absolute atomic E-state index is 11.5. The van der Waals surface area contributed by atoms with Crippen LogP contribution in [0.25, 0.3) is 22.6 Å². The van der Waals surface area contributed by atoms with Gasteiger partial charge in [-0.05, 0) is 24.3 Å². The molecule has 0 unspecified atom stereocenters. The Labute approximate surface area is 156 Å². The minimum Gasteiger partial charge on any atom is -0.493 e. The second kappa shape index (κ2) is 7.82. The van der Waals surface area contributed by atoms with Crippen LogP contribution in [-0.2, 0) is 4.74 Å². The van der Waals surface area contributed by atoms with Crippen molar-refractivity contribution < 1.29 is 23.7 Å². The van der Waals surface area contributed by atoms with Crippen LogP contribution in [0.5, 0.6) is 17.2 Å². The number of benzene rings is 2. The van der Waals surface area contributed by atoms with Gasteiger partial charge in [0.15, 0.2) is 11.5 Å². The minimum absolute atomic E-state index is 0.376. The van der Waals surface area contributed by atoms with Crippen molar-refractivity contribution >= 4 is 5.97 Å². The first kappa shape index (κ1) is 18.3. The van der Waals surface area contributed by atoms with Crippen LogP contribution in [0.3, 0.4) is 0 Å². The van der Waals surface area contributed by atoms with E-state index in [4.69, 9.17) is 18.9 Å². The van der Waals surface area contributed by atoms with Crippen LogP contribution >= 0.6 is 0 Å². The van der Waals surface area contributed by atoms with Crippen molar-refractivity contribution in [1.82, 2.24) is 9.97 Å². The number of carbonyl (C=O) groups is 1. The highest BCUT2D eigenvalue weighted by Crippen LogP contribution is 2.41. The SMILES string of the molecule is COC(=O)c1ccc(-c2ncc(-c3cc(OC)c(OC)c(OC)c3)[nH]2)cc1. The van der Waals surface area contributed by atoms with Gasteiger partial charge in [-0.1, -0.05) is 12.1 Å². The summed E-state index contributed by atoms with van der Waals surface area (Å²) in [5, 5.41) is 0. The summed E-state index contributed by atoms with van der Waals surface area (Å²) in [5.41, 5.74) is 2.97. The average molecular weight is 368 g/mol. The van der Waals surface area contributed by atoms with Crippen LogP contribution in [0.1, 0.15) is 10.4 Å². The van der Waals surface area contributed by atoms with Crippen LogP contribution in [0.15, 0.2) is 42.6 Å². The molecule has 0 bridgehead atoms. The molecule has 1 heterocycles. The fraction of sp³-hybridized carbons (Fsp3) is 0.200. The summed E-state index contributed by atoms with van der Waals surface area (Å²) in [7, 11) is 6.06. The number of rotatable bonds is 6. The molecule has 0 aliphatic carbocycles. The highest BCUT2D eigenvalue weighted by atomic mass is 16.5. The van der Waals surface area contributed by atoms with Gasteiger partial charge >= 0.3 is 5.97 Å². The van der Waals surface area contributed by atoms with E-state index in [1.54, 1.807) is 39.7 Å². The maximum Gasteiger partial charge on any atom is 0.337 e. The molecule has 140 valence electrons. The van der Waals surface area contributed by atoms with Crippen molar-refractivity contribution in [2.45, 2.75) is 0 Å². The van der Waals surface area contributed by atoms with Gasteiger partial charge in [-0.25, -0.2) is 9.78 Å². The van der Waals surface area contributed by atoms with E-state index in [1.807, 2.05) is 24.3 Å². The van der Waals surface area contributed by atoms with Crippen molar-refractivity contribution in [1.29, 1.82) is 0 Å². The monoisotopic (exact) mass is 368 g/mol. The Morgan fingerprint density at radius 2 is 1.52 bits per heavy atom. The first-order valence-corrected chi connectivity index (χ1v) is 8.15. The van der Waals surface area contributed by atoms with Gasteiger partial charge in [0.25, 0.3) is 0 Å². The van der Waals surface area contributed by atoms with Gasteiger partial charge in [0, 0.05) is 11.1 Å². The molecule has 7 heteroatoms. The zero-order chi connectivity index (χ0) is 19.4. The van der Waals surface area contributed by atoms with Gasteiger partial charge in [0.2, 0.25) is 5.75 Å². The molecule has 2 aromatic carbocycles. The van der Waals surface area contributed by atoms with E-state index in [2.05, 4.69) is 9.97 Å². The molecular formula is C20H20N2O5. The number of ether oxygens (including phenoxy) is 4. The minimum atomic E-state index is -0.376. The highest BCUT2D eigenvalue weighted by molar-refractivity contribution is 5.89. The molecule has 0 saturated heterocycles. The van der Waals surface area contributed by atoms with Crippen molar-refractivity contribution in [2.24, 2.45) is 0 Å². The lowest BCUT2D eigenvalue weighted by Crippen LogP contribution is -2.00. The molecule has 1 N–H and O–H groups in total. The third-order valence-electron chi connectivity index (χ3n) is 4.13. The van der Waals surface area contributed by atoms with Crippen LogP contribution in [0.4, 0.5) is 0 Å². The zero-order valence-corrected chi connectivity index (χ0v) is 15.5. The van der Waals surface area contributed by atoms with E-state index in [1.165, 1.54) is 7.11 Å². The number of methoxy groups -OCH3 is 4. The number of nitrogens with one attached hydrogen (secondary N) is 1. The normalized spacial score (nSPS) is 10.4. The molecule has 3 aromatic rings. The number of aromatic amines is 1. The van der Waals surface area contributed by atoms with Crippen molar-refractivity contribution in [2.75, 3.05) is 28.4 Å². The van der Waals surface area contributed by atoms with Crippen LogP contribution in [0.2, 0.25) is 0 Å². The number of hydrogen-bond acceptors (Lipinski definition) is 6. The molecule has 0 saturated carbocycles. The van der Waals surface area contributed by atoms with Crippen molar-refractivity contribution in [3.63, 3.8) is 0 Å². The van der Waals surface area contributed by atoms with E-state index >= 15 is 0 Å². The quantitative estimate of drug-likeness (QED) is 0.670. The largest absolute Gasteiger partial charge is 0.493 e. The number of imidazole rings is 1. The first-order chi connectivity index (χ1) is 13.1. The molecule has 0 fully saturated rings. The zero-order valence-electron chi connectivity index (χ0n) is 15.5. The molecule has 0 aliphatic heterocycles. The third kappa shape index (κ3) is 3.57. The Bertz CT molecular complexity index is 922. The molecule has 0 amide bonds. The van der Waals surface area contributed by atoms with Crippen LogP contribution in [-0.4, -0.2) is 44.4 Å². The van der Waals surface area contributed by atoms with Gasteiger partial charge in [0.05, 0.1) is 45.9 Å². The lowest BCUT2D eigenvalue weighted by atomic mass is 10.1. The van der Waals surface area contributed by atoms with Gasteiger partial charge < -0.3 is 23.9 Å². The molecule has 7 nitrogen and oxygen atoms in total. The second-order valence-electron chi connectivity index (χ2n) is 5.63. The number of hydrogen-bond donors (Lipinski definition) is 1. The molecule has 27 heavy (non-hydrogen) atoms. The van der Waals surface area contributed by atoms with Crippen LogP contribution in [0, 0.1) is 0 Å². The van der Waals surface area contributed by atoms with E-state index in [0.29, 0.717) is 28.6 Å². The van der Waals surface area contributed by atoms with Gasteiger partial charge in [0.1, 0.15) is 5.82 Å². The molecular weight excluding hydrogens is 348 g/mol. The molecule has 3 rings (SSSR count). The molecule has 0 spiro atoms. The predicted octanol–water partition coefficient (Wildman–Crippen LogP) is 3.56. The summed E-state index contributed by atoms with van der Waals surface area (Å²) in [6.07, 6.45) is 1.73. The van der Waals surface area contributed by atoms with E-state index in [0.717, 1.165) is 16.8 Å². The van der Waals surface area contributed by atoms with E-state index < -0.39 is 0 Å². The Balaban J connectivity index is 1.95. The Hall–Kier alpha value is -3.48. The second-order valence-corrected chi connectivity index (χ2v) is 5.63. The molecule has 0 aliphatic rings. The number of carbonyl (C=O) groups excluding carboxylic acids is 1. The first-order valence-electron chi connectivity index (χ1n) is 8.15. The maximum atomic E-state index is 11.5. The number of esters is 1. The lowest BCUT2D eigenvalue weighted by Gasteiger charge is -2.13. The number of nitrogens with zero attached hydrogens (tertiary/aromatic N) is 1. The van der Waals surface area contributed by atoms with E-state index in [-0.39, 0.29) is 5.97 Å². The fourth-order valence-corrected chi connectivity index (χ4v) is 2.73. The molecule has 1 aromatic heterocycles. The summed E-state index contributed by atoms with van der Waals surface area (Å²) in [4.78, 5) is 19.2. The van der Waals surface area contributed by atoms with Gasteiger partial charge in [-0.2, -0.15) is 0 Å². The average Bonchev–Trinajstić information content (AvgIpc) is 3.22. The number of aromatic nitrogens is 2. The van der Waals surface area contributed by atoms with Gasteiger partial charge in [-0.3, -0.25) is 0 Å². The summed E-state index contributed by atoms with van der Waals surface area (Å²) in [6.45, 7) is 0. The van der Waals surface area contributed by atoms with Crippen molar-refractivity contribution in [3.05, 3.63) is 48.2 Å². The standard InChI is InChI=1S/C20H20N2O5/c1-24-16-9-14(10-17(25-2)18(16)26-3)15-11-21-19(22-15)12-5-7-13(8-6-12)20(23)27-4/h5-11H,1-4H3,(H,21,22). The summed E-state index contributed by atoms with van der Waals surface area (Å²) in [6, 6.07) is 10.7. The fourth-order valence-electron chi connectivity index (χ4n) is 2.73. The summed E-state index contributed by atoms with van der Waals surface area (Å²) >= 11 is 0. The predicted molar refractivity (Wildman–Crippen MR) is 100 cm³/mol. The Morgan fingerprint density at radius 1 is 0.889 bits per heavy atom. The van der Waals surface area contributed by atoms with E-state index in [9.17, 15) is 4.79 Å². The summed E-state index contributed by atoms with van der Waals surface area (Å²) < 4.78 is 20.9. The summed E-state index contributed by atoms with van der Waals surface area (Å²) in [5.74, 6) is 1.95. The van der Waals surface area contributed by atoms with Gasteiger partial charge in [-0.15, -0.1) is 0 Å². The third-order valence-corrected chi connectivity index (χ3v) is 4.13. The number of H-pyrrole nitrogens is 1. The van der Waals surface area contributed by atoms with Crippen molar-refractivity contribution in [3.8, 4) is 39.9 Å². The Kier molecular flexibility index (Phi) is 5.30. The highest BCUT2D eigenvalue weighted by Gasteiger charge is 2.15. The molecule has 0 radical (unpaired) electrons. The van der Waals surface area contributed by atoms with Crippen LogP contribution < -0.4 is 14.2 Å². The molecule has 0 atom stereocenters. The smallest absolute Gasteiger partial charge is 0.337 e.